The van der Waals surface area contributed by atoms with E-state index in [1.54, 1.807) is 19.9 Å². The van der Waals surface area contributed by atoms with Gasteiger partial charge in [-0.25, -0.2) is 4.68 Å². The first-order valence-corrected chi connectivity index (χ1v) is 16.5. The third-order valence-corrected chi connectivity index (χ3v) is 9.54. The van der Waals surface area contributed by atoms with Crippen LogP contribution in [0.4, 0.5) is 38.1 Å². The summed E-state index contributed by atoms with van der Waals surface area (Å²) in [6, 6.07) is 9.45. The number of rotatable bonds is 8. The summed E-state index contributed by atoms with van der Waals surface area (Å²) >= 11 is 5.80. The number of anilines is 2. The molecule has 0 radical (unpaired) electrons. The van der Waals surface area contributed by atoms with Crippen molar-refractivity contribution in [1.82, 2.24) is 25.1 Å². The molecule has 4 aromatic rings. The smallest absolute Gasteiger partial charge is 0.429 e. The zero-order chi connectivity index (χ0) is 36.7. The number of esters is 1. The number of aromatic nitrogens is 4. The molecule has 1 spiro atoms. The van der Waals surface area contributed by atoms with Gasteiger partial charge in [-0.1, -0.05) is 29.8 Å². The van der Waals surface area contributed by atoms with Crippen molar-refractivity contribution < 1.29 is 40.6 Å². The summed E-state index contributed by atoms with van der Waals surface area (Å²) in [7, 11) is 0. The Kier molecular flexibility index (Phi) is 9.85. The van der Waals surface area contributed by atoms with Gasteiger partial charge in [-0.15, -0.1) is 0 Å². The van der Waals surface area contributed by atoms with Crippen LogP contribution in [0.2, 0.25) is 5.02 Å². The van der Waals surface area contributed by atoms with E-state index in [0.29, 0.717) is 44.6 Å². The molecule has 2 aromatic carbocycles. The number of hydrogen-bond acceptors (Lipinski definition) is 9. The Labute approximate surface area is 293 Å². The third-order valence-electron chi connectivity index (χ3n) is 9.21. The molecule has 4 heterocycles. The highest BCUT2D eigenvalue weighted by molar-refractivity contribution is 6.31. The molecule has 0 amide bonds. The van der Waals surface area contributed by atoms with E-state index in [1.165, 1.54) is 35.1 Å². The van der Waals surface area contributed by atoms with Crippen molar-refractivity contribution in [2.24, 2.45) is 5.41 Å². The summed E-state index contributed by atoms with van der Waals surface area (Å²) in [6.07, 6.45) is -8.88. The molecule has 17 heteroatoms. The van der Waals surface area contributed by atoms with Crippen LogP contribution in [0.5, 0.6) is 5.88 Å². The molecule has 0 saturated carbocycles. The Bertz CT molecular complexity index is 1910. The summed E-state index contributed by atoms with van der Waals surface area (Å²) < 4.78 is 97.5. The first kappa shape index (κ1) is 36.2. The normalized spacial score (nSPS) is 18.2. The van der Waals surface area contributed by atoms with Crippen molar-refractivity contribution in [3.63, 3.8) is 0 Å². The Hall–Kier alpha value is -4.57. The molecule has 2 fully saturated rings. The average molecular weight is 738 g/mol. The lowest BCUT2D eigenvalue weighted by Crippen LogP contribution is -2.41. The number of piperidine rings is 1. The van der Waals surface area contributed by atoms with Crippen LogP contribution >= 0.6 is 11.6 Å². The SMILES string of the molecule is CCOC(=O)[C@@H]1CC2(CCN(c3cc(O[C@H](c4ccc(-c5ccc(Cl)c(C(F)(F)F)c5)cc4-n4ccc(C)n4)C(F)(F)F)nc(N)n3)CC2)CN1. The number of aryl methyl sites for hydroxylation is 1. The molecule has 0 unspecified atom stereocenters. The maximum absolute atomic E-state index is 14.9. The summed E-state index contributed by atoms with van der Waals surface area (Å²) in [4.78, 5) is 22.4. The van der Waals surface area contributed by atoms with Gasteiger partial charge >= 0.3 is 18.3 Å². The van der Waals surface area contributed by atoms with Crippen molar-refractivity contribution in [3.8, 4) is 22.7 Å². The predicted molar refractivity (Wildman–Crippen MR) is 177 cm³/mol. The van der Waals surface area contributed by atoms with Crippen LogP contribution in [-0.4, -0.2) is 64.2 Å². The van der Waals surface area contributed by atoms with Crippen LogP contribution in [0.15, 0.2) is 54.7 Å². The second kappa shape index (κ2) is 13.9. The van der Waals surface area contributed by atoms with Crippen molar-refractivity contribution >= 4 is 29.3 Å². The van der Waals surface area contributed by atoms with Crippen LogP contribution < -0.4 is 20.7 Å². The summed E-state index contributed by atoms with van der Waals surface area (Å²) in [5.41, 5.74) is 5.05. The van der Waals surface area contributed by atoms with Crippen molar-refractivity contribution in [3.05, 3.63) is 76.6 Å². The zero-order valence-corrected chi connectivity index (χ0v) is 28.2. The second-order valence-electron chi connectivity index (χ2n) is 12.7. The Balaban J connectivity index is 1.30. The number of nitrogens with zero attached hydrogens (tertiary/aromatic N) is 5. The number of nitrogens with one attached hydrogen (secondary N) is 1. The van der Waals surface area contributed by atoms with E-state index in [4.69, 9.17) is 26.8 Å². The monoisotopic (exact) mass is 737 g/mol. The minimum Gasteiger partial charge on any atom is -0.465 e. The van der Waals surface area contributed by atoms with E-state index in [1.807, 2.05) is 4.90 Å². The first-order valence-electron chi connectivity index (χ1n) is 16.1. The van der Waals surface area contributed by atoms with E-state index < -0.39 is 41.0 Å². The van der Waals surface area contributed by atoms with Gasteiger partial charge in [0.15, 0.2) is 0 Å². The van der Waals surface area contributed by atoms with Gasteiger partial charge in [0.25, 0.3) is 0 Å². The second-order valence-corrected chi connectivity index (χ2v) is 13.1. The predicted octanol–water partition coefficient (Wildman–Crippen LogP) is 7.09. The zero-order valence-electron chi connectivity index (χ0n) is 27.5. The highest BCUT2D eigenvalue weighted by atomic mass is 35.5. The number of nitrogen functional groups attached to an aromatic ring is 1. The maximum atomic E-state index is 14.9. The van der Waals surface area contributed by atoms with Gasteiger partial charge in [0, 0.05) is 37.5 Å². The molecule has 2 saturated heterocycles. The van der Waals surface area contributed by atoms with Gasteiger partial charge in [0.2, 0.25) is 17.9 Å². The lowest BCUT2D eigenvalue weighted by molar-refractivity contribution is -0.198. The molecule has 2 aliphatic rings. The maximum Gasteiger partial charge on any atom is 0.429 e. The van der Waals surface area contributed by atoms with Crippen LogP contribution in [-0.2, 0) is 15.7 Å². The highest BCUT2D eigenvalue weighted by Gasteiger charge is 2.46. The van der Waals surface area contributed by atoms with E-state index in [0.717, 1.165) is 18.2 Å². The minimum atomic E-state index is -4.98. The Morgan fingerprint density at radius 1 is 1.06 bits per heavy atom. The number of hydrogen-bond donors (Lipinski definition) is 2. The van der Waals surface area contributed by atoms with Crippen LogP contribution in [0.3, 0.4) is 0 Å². The van der Waals surface area contributed by atoms with Crippen molar-refractivity contribution in [2.45, 2.75) is 57.6 Å². The number of nitrogens with two attached hydrogens (primary N) is 1. The molecular formula is C34H34ClF6N7O3. The van der Waals surface area contributed by atoms with Gasteiger partial charge in [0.1, 0.15) is 11.9 Å². The topological polar surface area (TPSA) is 120 Å². The van der Waals surface area contributed by atoms with E-state index in [-0.39, 0.29) is 52.1 Å². The Morgan fingerprint density at radius 2 is 1.76 bits per heavy atom. The number of ether oxygens (including phenoxy) is 2. The lowest BCUT2D eigenvalue weighted by Gasteiger charge is -2.39. The number of alkyl halides is 6. The third kappa shape index (κ3) is 7.86. The van der Waals surface area contributed by atoms with Gasteiger partial charge in [0.05, 0.1) is 28.6 Å². The van der Waals surface area contributed by atoms with Gasteiger partial charge in [-0.2, -0.15) is 41.4 Å². The van der Waals surface area contributed by atoms with Crippen LogP contribution in [0.1, 0.15) is 49.1 Å². The van der Waals surface area contributed by atoms with Gasteiger partial charge in [-0.05, 0) is 73.9 Å². The van der Waals surface area contributed by atoms with E-state index >= 15 is 0 Å². The highest BCUT2D eigenvalue weighted by Crippen LogP contribution is 2.44. The van der Waals surface area contributed by atoms with Crippen molar-refractivity contribution in [1.29, 1.82) is 0 Å². The standard InChI is InChI=1S/C34H34ClF6N7O3/c1-3-50-30(49)25-17-32(18-43-25)9-12-47(13-10-32)27-16-28(45-31(42)44-27)51-29(34(39,40)41)22-6-4-21(15-26(22)48-11-8-19(2)46-48)20-5-7-24(35)23(14-20)33(36,37)38/h4-8,11,14-16,25,29,43H,3,9-10,12-13,17-18H2,1-2H3,(H2,42,44,45)/t25-,29+/m0/s1. The molecule has 0 bridgehead atoms. The van der Waals surface area contributed by atoms with Crippen LogP contribution in [0.25, 0.3) is 16.8 Å². The fourth-order valence-electron chi connectivity index (χ4n) is 6.61. The number of benzene rings is 2. The van der Waals surface area contributed by atoms with Gasteiger partial charge < -0.3 is 25.4 Å². The van der Waals surface area contributed by atoms with E-state index in [2.05, 4.69) is 20.4 Å². The summed E-state index contributed by atoms with van der Waals surface area (Å²) in [5, 5.41) is 7.00. The fourth-order valence-corrected chi connectivity index (χ4v) is 6.84. The number of carbonyl (C=O) groups is 1. The molecule has 2 aromatic heterocycles. The van der Waals surface area contributed by atoms with Gasteiger partial charge in [-0.3, -0.25) is 4.79 Å². The molecule has 0 aliphatic carbocycles. The minimum absolute atomic E-state index is 0.0780. The molecule has 10 nitrogen and oxygen atoms in total. The molecule has 6 rings (SSSR count). The average Bonchev–Trinajstić information content (AvgIpc) is 3.69. The largest absolute Gasteiger partial charge is 0.465 e. The molecule has 272 valence electrons. The quantitative estimate of drug-likeness (QED) is 0.144. The first-order chi connectivity index (χ1) is 24.0. The number of carbonyl (C=O) groups excluding carboxylic acids is 1. The molecule has 2 aliphatic heterocycles. The number of halogens is 7. The van der Waals surface area contributed by atoms with E-state index in [9.17, 15) is 31.1 Å². The van der Waals surface area contributed by atoms with Crippen LogP contribution in [0, 0.1) is 12.3 Å². The molecule has 3 N–H and O–H groups in total. The molecule has 2 atom stereocenters. The summed E-state index contributed by atoms with van der Waals surface area (Å²) in [5.74, 6) is -0.732. The molecular weight excluding hydrogens is 704 g/mol. The Morgan fingerprint density at radius 3 is 2.41 bits per heavy atom. The fraction of sp³-hybridized carbons (Fsp3) is 0.412. The van der Waals surface area contributed by atoms with Crippen molar-refractivity contribution in [2.75, 3.05) is 36.9 Å². The molecule has 51 heavy (non-hydrogen) atoms. The lowest BCUT2D eigenvalue weighted by atomic mass is 9.76. The summed E-state index contributed by atoms with van der Waals surface area (Å²) in [6.45, 7) is 5.32.